The van der Waals surface area contributed by atoms with Crippen LogP contribution in [0.1, 0.15) is 87.0 Å². The molecule has 1 aliphatic rings. The lowest BCUT2D eigenvalue weighted by molar-refractivity contribution is -0.539. The van der Waals surface area contributed by atoms with E-state index >= 15 is 0 Å². The van der Waals surface area contributed by atoms with Gasteiger partial charge in [0.15, 0.2) is 0 Å². The fourth-order valence-electron chi connectivity index (χ4n) is 3.26. The lowest BCUT2D eigenvalue weighted by atomic mass is 9.68. The maximum Gasteiger partial charge on any atom is 0.123 e. The smallest absolute Gasteiger partial charge is 0.123 e. The van der Waals surface area contributed by atoms with Gasteiger partial charge in [-0.05, 0) is 43.4 Å². The summed E-state index contributed by atoms with van der Waals surface area (Å²) in [7, 11) is 0. The molecule has 130 valence electrons. The van der Waals surface area contributed by atoms with Crippen molar-refractivity contribution >= 4 is 0 Å². The van der Waals surface area contributed by atoms with Crippen molar-refractivity contribution in [2.24, 2.45) is 10.8 Å². The Morgan fingerprint density at radius 3 is 2.41 bits per heavy atom. The van der Waals surface area contributed by atoms with E-state index in [0.717, 1.165) is 25.7 Å². The van der Waals surface area contributed by atoms with Crippen LogP contribution < -0.4 is 0 Å². The molecule has 0 aromatic rings. The first kappa shape index (κ1) is 19.7. The molecule has 22 heavy (non-hydrogen) atoms. The van der Waals surface area contributed by atoms with E-state index in [1.54, 1.807) is 0 Å². The Hall–Kier alpha value is -0.380. The lowest BCUT2D eigenvalue weighted by Crippen LogP contribution is -2.38. The summed E-state index contributed by atoms with van der Waals surface area (Å²) in [5.74, 6) is 0. The average molecular weight is 312 g/mol. The van der Waals surface area contributed by atoms with Gasteiger partial charge in [0.05, 0.1) is 6.61 Å². The highest BCUT2D eigenvalue weighted by atomic mass is 17.5. The van der Waals surface area contributed by atoms with Crippen LogP contribution in [0.2, 0.25) is 0 Å². The maximum atomic E-state index is 5.66. The highest BCUT2D eigenvalue weighted by molar-refractivity contribution is 5.18. The molecule has 0 saturated carbocycles. The first-order chi connectivity index (χ1) is 10.1. The number of hydrogen-bond acceptors (Lipinski definition) is 3. The van der Waals surface area contributed by atoms with Crippen molar-refractivity contribution in [2.75, 3.05) is 6.61 Å². The topological polar surface area (TPSA) is 27.7 Å². The largest absolute Gasteiger partial charge is 0.206 e. The summed E-state index contributed by atoms with van der Waals surface area (Å²) in [4.78, 5) is 10.9. The Labute approximate surface area is 137 Å². The van der Waals surface area contributed by atoms with Gasteiger partial charge in [0.2, 0.25) is 0 Å². The Bertz CT molecular complexity index is 369. The molecule has 0 amide bonds. The number of hydrogen-bond donors (Lipinski definition) is 0. The molecule has 0 N–H and O–H groups in total. The van der Waals surface area contributed by atoms with E-state index in [2.05, 4.69) is 54.5 Å². The van der Waals surface area contributed by atoms with Crippen LogP contribution in [0.15, 0.2) is 11.6 Å². The molecule has 3 heteroatoms. The Morgan fingerprint density at radius 2 is 1.86 bits per heavy atom. The molecule has 0 aliphatic heterocycles. The van der Waals surface area contributed by atoms with Gasteiger partial charge in [-0.2, -0.15) is 4.89 Å². The molecule has 0 spiro atoms. The van der Waals surface area contributed by atoms with Crippen LogP contribution in [0.5, 0.6) is 0 Å². The third-order valence-electron chi connectivity index (χ3n) is 4.57. The van der Waals surface area contributed by atoms with Crippen molar-refractivity contribution in [3.05, 3.63) is 11.6 Å². The summed E-state index contributed by atoms with van der Waals surface area (Å²) in [6.45, 7) is 16.0. The van der Waals surface area contributed by atoms with Crippen molar-refractivity contribution in [3.8, 4) is 0 Å². The highest BCUT2D eigenvalue weighted by Crippen LogP contribution is 2.45. The van der Waals surface area contributed by atoms with Gasteiger partial charge in [-0.1, -0.05) is 71.1 Å². The van der Waals surface area contributed by atoms with Crippen molar-refractivity contribution < 1.29 is 14.8 Å². The molecule has 0 saturated heterocycles. The molecule has 2 unspecified atom stereocenters. The first-order valence-electron chi connectivity index (χ1n) is 8.79. The van der Waals surface area contributed by atoms with Crippen molar-refractivity contribution in [3.63, 3.8) is 0 Å². The van der Waals surface area contributed by atoms with Crippen molar-refractivity contribution in [1.82, 2.24) is 0 Å². The van der Waals surface area contributed by atoms with E-state index in [1.165, 1.54) is 18.4 Å². The van der Waals surface area contributed by atoms with Crippen LogP contribution >= 0.6 is 0 Å². The van der Waals surface area contributed by atoms with Crippen molar-refractivity contribution in [1.29, 1.82) is 0 Å². The van der Waals surface area contributed by atoms with Gasteiger partial charge in [0, 0.05) is 0 Å². The summed E-state index contributed by atoms with van der Waals surface area (Å²) < 4.78 is 0. The summed E-state index contributed by atoms with van der Waals surface area (Å²) >= 11 is 0. The van der Waals surface area contributed by atoms with E-state index in [-0.39, 0.29) is 10.8 Å². The van der Waals surface area contributed by atoms with Crippen molar-refractivity contribution in [2.45, 2.75) is 92.6 Å². The molecule has 0 heterocycles. The second kappa shape index (κ2) is 7.94. The number of allylic oxidation sites excluding steroid dienone is 1. The third-order valence-corrected chi connectivity index (χ3v) is 4.57. The van der Waals surface area contributed by atoms with Crippen LogP contribution in [-0.4, -0.2) is 12.2 Å². The summed E-state index contributed by atoms with van der Waals surface area (Å²) in [6.07, 6.45) is 8.78. The normalized spacial score (nSPS) is 29.5. The quantitative estimate of drug-likeness (QED) is 0.238. The van der Waals surface area contributed by atoms with E-state index < -0.39 is 5.60 Å². The summed E-state index contributed by atoms with van der Waals surface area (Å²) in [5.41, 5.74) is 1.62. The molecule has 2 atom stereocenters. The summed E-state index contributed by atoms with van der Waals surface area (Å²) in [6, 6.07) is 0. The monoisotopic (exact) mass is 312 g/mol. The second-order valence-electron chi connectivity index (χ2n) is 8.67. The minimum absolute atomic E-state index is 0.243. The van der Waals surface area contributed by atoms with E-state index in [4.69, 9.17) is 14.8 Å². The molecule has 0 fully saturated rings. The minimum atomic E-state index is -0.394. The fourth-order valence-corrected chi connectivity index (χ4v) is 3.26. The van der Waals surface area contributed by atoms with Gasteiger partial charge in [0.25, 0.3) is 0 Å². The Morgan fingerprint density at radius 1 is 1.18 bits per heavy atom. The van der Waals surface area contributed by atoms with Gasteiger partial charge in [0.1, 0.15) is 5.60 Å². The van der Waals surface area contributed by atoms with Gasteiger partial charge in [-0.3, -0.25) is 0 Å². The highest BCUT2D eigenvalue weighted by Gasteiger charge is 2.39. The Balaban J connectivity index is 2.56. The zero-order valence-corrected chi connectivity index (χ0v) is 15.8. The lowest BCUT2D eigenvalue weighted by Gasteiger charge is -2.41. The molecule has 0 aromatic heterocycles. The first-order valence-corrected chi connectivity index (χ1v) is 8.79. The zero-order chi connectivity index (χ0) is 16.9. The number of rotatable bonds is 8. The van der Waals surface area contributed by atoms with Gasteiger partial charge in [-0.25, -0.2) is 4.89 Å². The molecule has 0 aromatic carbocycles. The predicted molar refractivity (Wildman–Crippen MR) is 91.2 cm³/mol. The predicted octanol–water partition coefficient (Wildman–Crippen LogP) is 6.00. The average Bonchev–Trinajstić information content (AvgIpc) is 2.36. The molecule has 1 aliphatic carbocycles. The van der Waals surface area contributed by atoms with E-state index in [0.29, 0.717) is 6.61 Å². The zero-order valence-electron chi connectivity index (χ0n) is 15.8. The molecule has 1 rings (SSSR count). The third kappa shape index (κ3) is 6.80. The van der Waals surface area contributed by atoms with Crippen LogP contribution in [0.4, 0.5) is 0 Å². The molecular formula is C19H36O3. The second-order valence-corrected chi connectivity index (χ2v) is 8.67. The maximum absolute atomic E-state index is 5.66. The molecule has 0 radical (unpaired) electrons. The molecule has 0 bridgehead atoms. The standard InChI is InChI=1S/C19H36O3/c1-8-10-16-13-18(6,9-2)15-19(7,14-16)21-22-20-12-11-17(3,4)5/h14H,8-13,15H2,1-7H3. The summed E-state index contributed by atoms with van der Waals surface area (Å²) in [5, 5.41) is 5.09. The molecular weight excluding hydrogens is 276 g/mol. The minimum Gasteiger partial charge on any atom is -0.206 e. The Kier molecular flexibility index (Phi) is 7.10. The van der Waals surface area contributed by atoms with E-state index in [1.807, 2.05) is 0 Å². The van der Waals surface area contributed by atoms with E-state index in [9.17, 15) is 0 Å². The van der Waals surface area contributed by atoms with Crippen LogP contribution in [0, 0.1) is 10.8 Å². The van der Waals surface area contributed by atoms with Crippen LogP contribution in [0.25, 0.3) is 0 Å². The van der Waals surface area contributed by atoms with Gasteiger partial charge < -0.3 is 0 Å². The SMILES string of the molecule is CCCC1=CC(C)(OOOCCC(C)(C)C)CC(C)(CC)C1. The molecule has 3 nitrogen and oxygen atoms in total. The fraction of sp³-hybridized carbons (Fsp3) is 0.895. The van der Waals surface area contributed by atoms with Gasteiger partial charge in [-0.15, -0.1) is 0 Å². The van der Waals surface area contributed by atoms with Crippen LogP contribution in [-0.2, 0) is 14.8 Å². The van der Waals surface area contributed by atoms with Gasteiger partial charge >= 0.3 is 0 Å². The van der Waals surface area contributed by atoms with Crippen LogP contribution in [0.3, 0.4) is 0 Å².